The van der Waals surface area contributed by atoms with Crippen LogP contribution in [-0.4, -0.2) is 0 Å². The Bertz CT molecular complexity index is 599. The van der Waals surface area contributed by atoms with Gasteiger partial charge in [-0.3, -0.25) is 0 Å². The van der Waals surface area contributed by atoms with Crippen molar-refractivity contribution in [2.45, 2.75) is 33.9 Å². The number of hydrogen-bond acceptors (Lipinski definition) is 1. The monoisotopic (exact) mass is 291 g/mol. The molecule has 2 aromatic rings. The number of hydrogen-bond donors (Lipinski definition) is 1. The molecule has 0 aliphatic carbocycles. The lowest BCUT2D eigenvalue weighted by Gasteiger charge is -2.09. The van der Waals surface area contributed by atoms with E-state index < -0.39 is 0 Å². The predicted octanol–water partition coefficient (Wildman–Crippen LogP) is 4.69. The first kappa shape index (κ1) is 15.0. The summed E-state index contributed by atoms with van der Waals surface area (Å²) in [5, 5.41) is 4.15. The van der Waals surface area contributed by atoms with Crippen LogP contribution >= 0.6 is 11.6 Å². The van der Waals surface area contributed by atoms with Gasteiger partial charge in [-0.2, -0.15) is 0 Å². The fourth-order valence-electron chi connectivity index (χ4n) is 2.24. The summed E-state index contributed by atoms with van der Waals surface area (Å²) in [7, 11) is 0. The van der Waals surface area contributed by atoms with E-state index >= 15 is 0 Å². The van der Waals surface area contributed by atoms with Crippen molar-refractivity contribution in [1.82, 2.24) is 5.32 Å². The molecule has 0 saturated heterocycles. The maximum Gasteiger partial charge on any atom is 0.129 e. The molecule has 0 fully saturated rings. The molecule has 0 aliphatic heterocycles. The Balaban J connectivity index is 1.97. The van der Waals surface area contributed by atoms with Gasteiger partial charge in [0.1, 0.15) is 5.82 Å². The average molecular weight is 292 g/mol. The Morgan fingerprint density at radius 2 is 1.50 bits per heavy atom. The fourth-order valence-corrected chi connectivity index (χ4v) is 2.44. The van der Waals surface area contributed by atoms with Gasteiger partial charge in [0, 0.05) is 18.1 Å². The van der Waals surface area contributed by atoms with Gasteiger partial charge in [-0.15, -0.1) is 0 Å². The van der Waals surface area contributed by atoms with Crippen LogP contribution in [0.2, 0.25) is 5.02 Å². The first-order valence-corrected chi connectivity index (χ1v) is 7.06. The van der Waals surface area contributed by atoms with E-state index in [1.807, 2.05) is 31.2 Å². The zero-order valence-corrected chi connectivity index (χ0v) is 12.8. The highest BCUT2D eigenvalue weighted by molar-refractivity contribution is 6.31. The molecule has 0 bridgehead atoms. The van der Waals surface area contributed by atoms with E-state index in [0.29, 0.717) is 17.7 Å². The molecule has 1 nitrogen and oxygen atoms in total. The maximum absolute atomic E-state index is 13.5. The molecule has 0 amide bonds. The molecule has 1 N–H and O–H groups in total. The summed E-state index contributed by atoms with van der Waals surface area (Å²) < 4.78 is 13.5. The molecule has 2 rings (SSSR count). The number of aryl methyl sites for hydroxylation is 3. The number of nitrogens with one attached hydrogen (secondary N) is 1. The predicted molar refractivity (Wildman–Crippen MR) is 82.6 cm³/mol. The van der Waals surface area contributed by atoms with Gasteiger partial charge >= 0.3 is 0 Å². The van der Waals surface area contributed by atoms with Crippen LogP contribution in [0.1, 0.15) is 27.8 Å². The first-order chi connectivity index (χ1) is 9.47. The Kier molecular flexibility index (Phi) is 4.79. The molecule has 0 radical (unpaired) electrons. The highest BCUT2D eigenvalue weighted by atomic mass is 35.5. The van der Waals surface area contributed by atoms with Gasteiger partial charge in [-0.05, 0) is 54.7 Å². The van der Waals surface area contributed by atoms with Crippen LogP contribution < -0.4 is 5.32 Å². The molecule has 0 aliphatic rings. The number of benzene rings is 2. The summed E-state index contributed by atoms with van der Waals surface area (Å²) in [5.41, 5.74) is 4.72. The maximum atomic E-state index is 13.5. The summed E-state index contributed by atoms with van der Waals surface area (Å²) in [6.07, 6.45) is 0. The lowest BCUT2D eigenvalue weighted by atomic mass is 10.1. The highest BCUT2D eigenvalue weighted by Crippen LogP contribution is 2.17. The SMILES string of the molecule is Cc1ccc(CNCc2cc(C)c(F)c(C)c2)cc1Cl. The topological polar surface area (TPSA) is 12.0 Å². The third kappa shape index (κ3) is 3.59. The van der Waals surface area contributed by atoms with E-state index in [1.165, 1.54) is 0 Å². The van der Waals surface area contributed by atoms with Crippen LogP contribution in [0, 0.1) is 26.6 Å². The quantitative estimate of drug-likeness (QED) is 0.861. The summed E-state index contributed by atoms with van der Waals surface area (Å²) in [6.45, 7) is 7.05. The van der Waals surface area contributed by atoms with Gasteiger partial charge in [0.15, 0.2) is 0 Å². The Labute approximate surface area is 124 Å². The smallest absolute Gasteiger partial charge is 0.129 e. The summed E-state index contributed by atoms with van der Waals surface area (Å²) in [4.78, 5) is 0. The van der Waals surface area contributed by atoms with Crippen molar-refractivity contribution in [2.75, 3.05) is 0 Å². The lowest BCUT2D eigenvalue weighted by Crippen LogP contribution is -2.13. The molecule has 0 atom stereocenters. The molecular weight excluding hydrogens is 273 g/mol. The van der Waals surface area contributed by atoms with Gasteiger partial charge in [0.05, 0.1) is 0 Å². The second-order valence-corrected chi connectivity index (χ2v) is 5.64. The highest BCUT2D eigenvalue weighted by Gasteiger charge is 2.04. The van der Waals surface area contributed by atoms with Crippen molar-refractivity contribution in [1.29, 1.82) is 0 Å². The average Bonchev–Trinajstić information content (AvgIpc) is 2.40. The summed E-state index contributed by atoms with van der Waals surface area (Å²) in [6, 6.07) is 9.83. The first-order valence-electron chi connectivity index (χ1n) is 6.68. The Morgan fingerprint density at radius 3 is 2.10 bits per heavy atom. The van der Waals surface area contributed by atoms with Crippen molar-refractivity contribution in [3.8, 4) is 0 Å². The van der Waals surface area contributed by atoms with Crippen LogP contribution in [0.15, 0.2) is 30.3 Å². The number of rotatable bonds is 4. The molecule has 0 aromatic heterocycles. The van der Waals surface area contributed by atoms with Crippen molar-refractivity contribution in [3.63, 3.8) is 0 Å². The minimum Gasteiger partial charge on any atom is -0.309 e. The van der Waals surface area contributed by atoms with Gasteiger partial charge in [0.25, 0.3) is 0 Å². The molecule has 106 valence electrons. The minimum atomic E-state index is -0.112. The zero-order chi connectivity index (χ0) is 14.7. The molecule has 0 unspecified atom stereocenters. The molecule has 20 heavy (non-hydrogen) atoms. The summed E-state index contributed by atoms with van der Waals surface area (Å²) >= 11 is 6.10. The Hall–Kier alpha value is -1.38. The van der Waals surface area contributed by atoms with Gasteiger partial charge in [-0.1, -0.05) is 35.9 Å². The van der Waals surface area contributed by atoms with E-state index in [1.54, 1.807) is 13.8 Å². The third-order valence-electron chi connectivity index (χ3n) is 3.39. The van der Waals surface area contributed by atoms with Crippen molar-refractivity contribution in [3.05, 3.63) is 69.0 Å². The van der Waals surface area contributed by atoms with E-state index in [9.17, 15) is 4.39 Å². The number of halogens is 2. The van der Waals surface area contributed by atoms with Crippen LogP contribution in [0.3, 0.4) is 0 Å². The fraction of sp³-hybridized carbons (Fsp3) is 0.294. The van der Waals surface area contributed by atoms with Crippen molar-refractivity contribution < 1.29 is 4.39 Å². The Morgan fingerprint density at radius 1 is 0.900 bits per heavy atom. The molecule has 3 heteroatoms. The van der Waals surface area contributed by atoms with Crippen LogP contribution in [0.5, 0.6) is 0 Å². The van der Waals surface area contributed by atoms with E-state index in [2.05, 4.69) is 11.4 Å². The van der Waals surface area contributed by atoms with Gasteiger partial charge in [0.2, 0.25) is 0 Å². The van der Waals surface area contributed by atoms with E-state index in [0.717, 1.165) is 28.3 Å². The molecule has 0 spiro atoms. The van der Waals surface area contributed by atoms with Crippen LogP contribution in [0.4, 0.5) is 4.39 Å². The van der Waals surface area contributed by atoms with Gasteiger partial charge in [-0.25, -0.2) is 4.39 Å². The molecule has 0 heterocycles. The normalized spacial score (nSPS) is 10.8. The van der Waals surface area contributed by atoms with E-state index in [-0.39, 0.29) is 5.82 Å². The van der Waals surface area contributed by atoms with Crippen LogP contribution in [0.25, 0.3) is 0 Å². The lowest BCUT2D eigenvalue weighted by molar-refractivity contribution is 0.606. The van der Waals surface area contributed by atoms with E-state index in [4.69, 9.17) is 11.6 Å². The second-order valence-electron chi connectivity index (χ2n) is 5.23. The molecular formula is C17H19ClFN. The third-order valence-corrected chi connectivity index (χ3v) is 3.80. The second kappa shape index (κ2) is 6.38. The van der Waals surface area contributed by atoms with Crippen molar-refractivity contribution >= 4 is 11.6 Å². The standard InChI is InChI=1S/C17H19ClFN/c1-11-4-5-14(8-16(11)18)9-20-10-15-6-12(2)17(19)13(3)7-15/h4-8,20H,9-10H2,1-3H3. The summed E-state index contributed by atoms with van der Waals surface area (Å²) in [5.74, 6) is -0.112. The largest absolute Gasteiger partial charge is 0.309 e. The van der Waals surface area contributed by atoms with Crippen molar-refractivity contribution in [2.24, 2.45) is 0 Å². The molecule has 2 aromatic carbocycles. The zero-order valence-electron chi connectivity index (χ0n) is 12.1. The molecule has 0 saturated carbocycles. The minimum absolute atomic E-state index is 0.112. The van der Waals surface area contributed by atoms with Gasteiger partial charge < -0.3 is 5.32 Å². The van der Waals surface area contributed by atoms with Crippen LogP contribution in [-0.2, 0) is 13.1 Å².